The maximum absolute atomic E-state index is 12.4. The lowest BCUT2D eigenvalue weighted by atomic mass is 10.2. The van der Waals surface area contributed by atoms with Gasteiger partial charge in [-0.15, -0.1) is 11.3 Å². The zero-order valence-corrected chi connectivity index (χ0v) is 13.9. The monoisotopic (exact) mass is 365 g/mol. The van der Waals surface area contributed by atoms with Crippen LogP contribution in [0.25, 0.3) is 10.9 Å². The fourth-order valence-corrected chi connectivity index (χ4v) is 4.56. The lowest BCUT2D eigenvalue weighted by Crippen LogP contribution is -2.12. The van der Waals surface area contributed by atoms with E-state index in [0.29, 0.717) is 22.4 Å². The summed E-state index contributed by atoms with van der Waals surface area (Å²) in [5, 5.41) is 9.28. The number of carboxylic acid groups (broad SMARTS) is 1. The van der Waals surface area contributed by atoms with E-state index in [-0.39, 0.29) is 25.7 Å². The second kappa shape index (κ2) is 5.73. The molecule has 8 nitrogen and oxygen atoms in total. The summed E-state index contributed by atoms with van der Waals surface area (Å²) >= 11 is 0.670. The molecule has 0 atom stereocenters. The number of aromatic amines is 1. The summed E-state index contributed by atoms with van der Waals surface area (Å²) in [6.07, 6.45) is 1.26. The highest BCUT2D eigenvalue weighted by atomic mass is 32.2. The van der Waals surface area contributed by atoms with Gasteiger partial charge in [0.1, 0.15) is 9.09 Å². The number of hydrogen-bond donors (Lipinski definition) is 3. The summed E-state index contributed by atoms with van der Waals surface area (Å²) < 4.78 is 27.1. The zero-order valence-electron chi connectivity index (χ0n) is 12.2. The molecule has 0 radical (unpaired) electrons. The Morgan fingerprint density at radius 3 is 2.75 bits per heavy atom. The van der Waals surface area contributed by atoms with Crippen LogP contribution in [0, 0.1) is 6.92 Å². The molecule has 3 rings (SSSR count). The summed E-state index contributed by atoms with van der Waals surface area (Å²) in [7, 11) is -3.96. The Morgan fingerprint density at radius 1 is 1.33 bits per heavy atom. The largest absolute Gasteiger partial charge is 0.477 e. The first kappa shape index (κ1) is 16.1. The molecule has 124 valence electrons. The van der Waals surface area contributed by atoms with Gasteiger partial charge in [-0.2, -0.15) is 0 Å². The highest BCUT2D eigenvalue weighted by Crippen LogP contribution is 2.28. The van der Waals surface area contributed by atoms with Crippen LogP contribution in [0.1, 0.15) is 15.2 Å². The molecule has 2 aromatic heterocycles. The van der Waals surface area contributed by atoms with Gasteiger partial charge in [0.15, 0.2) is 0 Å². The molecule has 0 aliphatic carbocycles. The number of aryl methyl sites for hydroxylation is 1. The molecule has 3 N–H and O–H groups in total. The van der Waals surface area contributed by atoms with Gasteiger partial charge in [0.25, 0.3) is 15.6 Å². The van der Waals surface area contributed by atoms with Crippen molar-refractivity contribution in [2.45, 2.75) is 11.1 Å². The molecule has 0 saturated carbocycles. The molecule has 0 aliphatic rings. The van der Waals surface area contributed by atoms with E-state index in [0.717, 1.165) is 0 Å². The highest BCUT2D eigenvalue weighted by Gasteiger charge is 2.22. The second-order valence-corrected chi connectivity index (χ2v) is 7.91. The molecule has 0 spiro atoms. The number of rotatable bonds is 4. The van der Waals surface area contributed by atoms with E-state index >= 15 is 0 Å². The van der Waals surface area contributed by atoms with E-state index in [1.54, 1.807) is 0 Å². The topological polar surface area (TPSA) is 129 Å². The van der Waals surface area contributed by atoms with Gasteiger partial charge >= 0.3 is 5.97 Å². The predicted octanol–water partition coefficient (Wildman–Crippen LogP) is 1.79. The number of sulfonamides is 1. The summed E-state index contributed by atoms with van der Waals surface area (Å²) in [5.74, 6) is -1.18. The second-order valence-electron chi connectivity index (χ2n) is 4.95. The Balaban J connectivity index is 2.00. The highest BCUT2D eigenvalue weighted by molar-refractivity contribution is 7.94. The molecule has 0 amide bonds. The van der Waals surface area contributed by atoms with Gasteiger partial charge in [-0.3, -0.25) is 9.52 Å². The average molecular weight is 365 g/mol. The number of carbonyl (C=O) groups is 1. The number of fused-ring (bicyclic) bond motifs is 1. The van der Waals surface area contributed by atoms with E-state index < -0.39 is 16.0 Å². The van der Waals surface area contributed by atoms with Crippen molar-refractivity contribution < 1.29 is 18.3 Å². The summed E-state index contributed by atoms with van der Waals surface area (Å²) in [4.78, 5) is 29.2. The van der Waals surface area contributed by atoms with Crippen molar-refractivity contribution in [3.05, 3.63) is 51.4 Å². The molecule has 0 aliphatic heterocycles. The SMILES string of the molecule is Cc1cc(S(=O)(=O)Nc2ccc3nc[nH]c(=O)c3c2)sc1C(=O)O. The zero-order chi connectivity index (χ0) is 17.5. The van der Waals surface area contributed by atoms with Crippen LogP contribution in [0.15, 0.2) is 39.6 Å². The van der Waals surface area contributed by atoms with Crippen molar-refractivity contribution in [2.24, 2.45) is 0 Å². The molecular weight excluding hydrogens is 354 g/mol. The molecule has 0 unspecified atom stereocenters. The van der Waals surface area contributed by atoms with Gasteiger partial charge in [-0.25, -0.2) is 18.2 Å². The van der Waals surface area contributed by atoms with E-state index in [4.69, 9.17) is 5.11 Å². The van der Waals surface area contributed by atoms with Crippen LogP contribution in [0.3, 0.4) is 0 Å². The third kappa shape index (κ3) is 2.88. The summed E-state index contributed by atoms with van der Waals surface area (Å²) in [6.45, 7) is 1.53. The Labute approximate surface area is 139 Å². The predicted molar refractivity (Wildman–Crippen MR) is 89.2 cm³/mol. The first-order valence-corrected chi connectivity index (χ1v) is 8.92. The van der Waals surface area contributed by atoms with Crippen molar-refractivity contribution in [3.63, 3.8) is 0 Å². The van der Waals surface area contributed by atoms with Crippen LogP contribution in [0.5, 0.6) is 0 Å². The lowest BCUT2D eigenvalue weighted by molar-refractivity contribution is 0.0701. The number of H-pyrrole nitrogens is 1. The van der Waals surface area contributed by atoms with E-state index in [1.807, 2.05) is 0 Å². The van der Waals surface area contributed by atoms with Crippen LogP contribution in [0.2, 0.25) is 0 Å². The van der Waals surface area contributed by atoms with E-state index in [2.05, 4.69) is 14.7 Å². The van der Waals surface area contributed by atoms with Gasteiger partial charge < -0.3 is 10.1 Å². The van der Waals surface area contributed by atoms with Crippen molar-refractivity contribution in [1.29, 1.82) is 0 Å². The lowest BCUT2D eigenvalue weighted by Gasteiger charge is -2.06. The minimum Gasteiger partial charge on any atom is -0.477 e. The number of carboxylic acids is 1. The van der Waals surface area contributed by atoms with Gasteiger partial charge in [0.05, 0.1) is 17.2 Å². The van der Waals surface area contributed by atoms with E-state index in [1.165, 1.54) is 37.5 Å². The maximum atomic E-state index is 12.4. The smallest absolute Gasteiger partial charge is 0.346 e. The normalized spacial score (nSPS) is 11.5. The minimum atomic E-state index is -3.96. The Morgan fingerprint density at radius 2 is 2.08 bits per heavy atom. The molecule has 24 heavy (non-hydrogen) atoms. The quantitative estimate of drug-likeness (QED) is 0.646. The Hall–Kier alpha value is -2.72. The number of thiophene rings is 1. The minimum absolute atomic E-state index is 0.0328. The number of aromatic carboxylic acids is 1. The molecule has 0 saturated heterocycles. The van der Waals surface area contributed by atoms with Crippen LogP contribution < -0.4 is 10.3 Å². The number of hydrogen-bond acceptors (Lipinski definition) is 6. The average Bonchev–Trinajstić information content (AvgIpc) is 2.91. The number of nitrogens with zero attached hydrogens (tertiary/aromatic N) is 1. The van der Waals surface area contributed by atoms with Crippen LogP contribution in [-0.4, -0.2) is 29.5 Å². The molecule has 2 heterocycles. The van der Waals surface area contributed by atoms with Crippen LogP contribution in [-0.2, 0) is 10.0 Å². The number of nitrogens with one attached hydrogen (secondary N) is 2. The standard InChI is InChI=1S/C14H11N3O5S2/c1-7-4-11(23-12(7)14(19)20)24(21,22)17-8-2-3-10-9(5-8)13(18)16-6-15-10/h2-6,17H,1H3,(H,19,20)(H,15,16,18). The molecule has 3 aromatic rings. The fraction of sp³-hybridized carbons (Fsp3) is 0.0714. The van der Waals surface area contributed by atoms with Gasteiger partial charge in [-0.05, 0) is 36.8 Å². The van der Waals surface area contributed by atoms with Gasteiger partial charge in [-0.1, -0.05) is 0 Å². The van der Waals surface area contributed by atoms with Crippen molar-refractivity contribution in [2.75, 3.05) is 4.72 Å². The first-order chi connectivity index (χ1) is 11.3. The fourth-order valence-electron chi connectivity index (χ4n) is 2.14. The van der Waals surface area contributed by atoms with Crippen molar-refractivity contribution >= 4 is 43.9 Å². The molecule has 1 aromatic carbocycles. The third-order valence-electron chi connectivity index (χ3n) is 3.25. The molecular formula is C14H11N3O5S2. The summed E-state index contributed by atoms with van der Waals surface area (Å²) in [6, 6.07) is 5.67. The molecule has 0 bridgehead atoms. The van der Waals surface area contributed by atoms with E-state index in [9.17, 15) is 18.0 Å². The molecule has 10 heteroatoms. The van der Waals surface area contributed by atoms with Crippen LogP contribution in [0.4, 0.5) is 5.69 Å². The van der Waals surface area contributed by atoms with Crippen LogP contribution >= 0.6 is 11.3 Å². The third-order valence-corrected chi connectivity index (χ3v) is 6.33. The number of anilines is 1. The number of aromatic nitrogens is 2. The Kier molecular flexibility index (Phi) is 3.85. The molecule has 0 fully saturated rings. The Bertz CT molecular complexity index is 1110. The summed E-state index contributed by atoms with van der Waals surface area (Å²) in [5.41, 5.74) is 0.596. The van der Waals surface area contributed by atoms with Gasteiger partial charge in [0.2, 0.25) is 0 Å². The maximum Gasteiger partial charge on any atom is 0.346 e. The van der Waals surface area contributed by atoms with Gasteiger partial charge in [0, 0.05) is 5.69 Å². The number of benzene rings is 1. The first-order valence-electron chi connectivity index (χ1n) is 6.62. The van der Waals surface area contributed by atoms with Crippen molar-refractivity contribution in [3.8, 4) is 0 Å². The van der Waals surface area contributed by atoms with Crippen molar-refractivity contribution in [1.82, 2.24) is 9.97 Å².